The van der Waals surface area contributed by atoms with E-state index in [1.54, 1.807) is 0 Å². The van der Waals surface area contributed by atoms with Crippen molar-refractivity contribution in [3.05, 3.63) is 66.9 Å². The Morgan fingerprint density at radius 3 is 2.53 bits per heavy atom. The predicted octanol–water partition coefficient (Wildman–Crippen LogP) is 3.29. The Kier molecular flexibility index (Phi) is 3.38. The number of fused-ring (bicyclic) bond motifs is 3. The molecule has 0 N–H and O–H groups in total. The Morgan fingerprint density at radius 1 is 0.800 bits per heavy atom. The summed E-state index contributed by atoms with van der Waals surface area (Å²) in [4.78, 5) is 6.75. The van der Waals surface area contributed by atoms with Crippen LogP contribution in [0.15, 0.2) is 66.9 Å². The number of aryl methyl sites for hydroxylation is 3. The van der Waals surface area contributed by atoms with Crippen molar-refractivity contribution < 1.29 is 4.80 Å². The normalized spacial score (nSPS) is 11.8. The molecule has 0 aliphatic carbocycles. The lowest BCUT2D eigenvalue weighted by Gasteiger charge is -2.01. The summed E-state index contributed by atoms with van der Waals surface area (Å²) in [6.45, 7) is 0. The Morgan fingerprint density at radius 2 is 1.67 bits per heavy atom. The van der Waals surface area contributed by atoms with Crippen molar-refractivity contribution in [3.8, 4) is 17.1 Å². The SMILES string of the molecule is Cn1ncc2ccc(-[n+]3nc4cc(-c5nc6ccccc6n5C)ccc4n3C)cc21. The summed E-state index contributed by atoms with van der Waals surface area (Å²) >= 11 is 0. The van der Waals surface area contributed by atoms with E-state index in [2.05, 4.69) is 63.9 Å². The van der Waals surface area contributed by atoms with Crippen molar-refractivity contribution in [1.82, 2.24) is 29.1 Å². The Hall–Kier alpha value is -4.00. The van der Waals surface area contributed by atoms with Gasteiger partial charge in [-0.05, 0) is 36.4 Å². The van der Waals surface area contributed by atoms with Crippen molar-refractivity contribution in [2.45, 2.75) is 0 Å². The molecule has 3 heterocycles. The average Bonchev–Trinajstić information content (AvgIpc) is 3.42. The number of nitrogens with zero attached hydrogens (tertiary/aromatic N) is 7. The molecule has 3 aromatic heterocycles. The summed E-state index contributed by atoms with van der Waals surface area (Å²) in [5, 5.41) is 10.3. The maximum absolute atomic E-state index is 4.89. The third-order valence-corrected chi connectivity index (χ3v) is 5.82. The summed E-state index contributed by atoms with van der Waals surface area (Å²) in [5.41, 5.74) is 7.22. The van der Waals surface area contributed by atoms with Gasteiger partial charge in [0, 0.05) is 47.1 Å². The molecule has 0 fully saturated rings. The van der Waals surface area contributed by atoms with Gasteiger partial charge in [-0.3, -0.25) is 4.68 Å². The van der Waals surface area contributed by atoms with Crippen LogP contribution in [0.1, 0.15) is 0 Å². The predicted molar refractivity (Wildman–Crippen MR) is 116 cm³/mol. The molecule has 0 aliphatic heterocycles. The quantitative estimate of drug-likeness (QED) is 0.424. The van der Waals surface area contributed by atoms with Crippen LogP contribution < -0.4 is 4.80 Å². The molecule has 3 aromatic carbocycles. The number of para-hydroxylation sites is 2. The standard InChI is InChI=1S/C23H20N7/c1-27-20-7-5-4-6-18(20)25-23(27)15-9-11-21-19(12-15)26-30(29(21)3)17-10-8-16-14-24-28(2)22(16)13-17/h4-14H,1-3H3/q+1. The van der Waals surface area contributed by atoms with Gasteiger partial charge in [-0.1, -0.05) is 12.1 Å². The number of aromatic nitrogens is 7. The Balaban J connectivity index is 1.52. The molecule has 146 valence electrons. The fraction of sp³-hybridized carbons (Fsp3) is 0.130. The molecule has 0 unspecified atom stereocenters. The second kappa shape index (κ2) is 6.00. The van der Waals surface area contributed by atoms with Gasteiger partial charge in [-0.2, -0.15) is 5.10 Å². The third-order valence-electron chi connectivity index (χ3n) is 5.82. The topological polar surface area (TPSA) is 57.3 Å². The van der Waals surface area contributed by atoms with Crippen LogP contribution in [-0.4, -0.2) is 29.1 Å². The smallest absolute Gasteiger partial charge is 0.268 e. The molecule has 0 spiro atoms. The number of hydrogen-bond donors (Lipinski definition) is 0. The molecule has 6 rings (SSSR count). The summed E-state index contributed by atoms with van der Waals surface area (Å²) in [6, 6.07) is 20.8. The molecular weight excluding hydrogens is 374 g/mol. The first-order valence-electron chi connectivity index (χ1n) is 9.83. The monoisotopic (exact) mass is 394 g/mol. The fourth-order valence-corrected chi connectivity index (χ4v) is 4.18. The molecule has 0 radical (unpaired) electrons. The third kappa shape index (κ3) is 2.32. The van der Waals surface area contributed by atoms with Crippen LogP contribution in [0.3, 0.4) is 0 Å². The number of imidazole rings is 1. The van der Waals surface area contributed by atoms with Crippen LogP contribution in [0, 0.1) is 0 Å². The lowest BCUT2D eigenvalue weighted by Crippen LogP contribution is -2.41. The lowest BCUT2D eigenvalue weighted by atomic mass is 10.2. The molecule has 0 bridgehead atoms. The van der Waals surface area contributed by atoms with E-state index in [0.717, 1.165) is 50.0 Å². The molecule has 30 heavy (non-hydrogen) atoms. The van der Waals surface area contributed by atoms with Crippen LogP contribution in [-0.2, 0) is 21.1 Å². The molecule has 6 aromatic rings. The van der Waals surface area contributed by atoms with Crippen LogP contribution in [0.2, 0.25) is 0 Å². The number of benzene rings is 3. The average molecular weight is 394 g/mol. The summed E-state index contributed by atoms with van der Waals surface area (Å²) in [5.74, 6) is 0.937. The van der Waals surface area contributed by atoms with E-state index in [1.807, 2.05) is 48.0 Å². The molecular formula is C23H20N7+. The van der Waals surface area contributed by atoms with Crippen molar-refractivity contribution in [1.29, 1.82) is 0 Å². The van der Waals surface area contributed by atoms with Gasteiger partial charge in [0.15, 0.2) is 5.52 Å². The van der Waals surface area contributed by atoms with Gasteiger partial charge >= 0.3 is 0 Å². The van der Waals surface area contributed by atoms with Gasteiger partial charge in [-0.15, -0.1) is 4.68 Å². The second-order valence-corrected chi connectivity index (χ2v) is 7.61. The zero-order valence-electron chi connectivity index (χ0n) is 17.0. The van der Waals surface area contributed by atoms with E-state index in [1.165, 1.54) is 0 Å². The van der Waals surface area contributed by atoms with Crippen LogP contribution in [0.25, 0.3) is 50.0 Å². The maximum Gasteiger partial charge on any atom is 0.268 e. The lowest BCUT2D eigenvalue weighted by molar-refractivity contribution is -0.735. The molecule has 7 heteroatoms. The van der Waals surface area contributed by atoms with Crippen molar-refractivity contribution in [3.63, 3.8) is 0 Å². The number of rotatable bonds is 2. The summed E-state index contributed by atoms with van der Waals surface area (Å²) in [7, 11) is 6.03. The zero-order valence-corrected chi connectivity index (χ0v) is 17.0. The van der Waals surface area contributed by atoms with E-state index in [9.17, 15) is 0 Å². The molecule has 7 nitrogen and oxygen atoms in total. The van der Waals surface area contributed by atoms with Crippen molar-refractivity contribution >= 4 is 33.0 Å². The van der Waals surface area contributed by atoms with E-state index >= 15 is 0 Å². The first-order valence-corrected chi connectivity index (χ1v) is 9.83. The van der Waals surface area contributed by atoms with Crippen LogP contribution in [0.5, 0.6) is 0 Å². The van der Waals surface area contributed by atoms with Gasteiger partial charge < -0.3 is 4.57 Å². The van der Waals surface area contributed by atoms with Gasteiger partial charge in [0.1, 0.15) is 11.3 Å². The van der Waals surface area contributed by atoms with Gasteiger partial charge in [0.25, 0.3) is 5.69 Å². The van der Waals surface area contributed by atoms with Gasteiger partial charge in [0.05, 0.1) is 29.8 Å². The summed E-state index contributed by atoms with van der Waals surface area (Å²) < 4.78 is 6.07. The first-order chi connectivity index (χ1) is 14.6. The highest BCUT2D eigenvalue weighted by Gasteiger charge is 2.21. The maximum atomic E-state index is 4.89. The fourth-order valence-electron chi connectivity index (χ4n) is 4.18. The molecule has 0 aliphatic rings. The molecule has 0 saturated heterocycles. The highest BCUT2D eigenvalue weighted by molar-refractivity contribution is 5.84. The van der Waals surface area contributed by atoms with Crippen molar-refractivity contribution in [2.24, 2.45) is 21.1 Å². The second-order valence-electron chi connectivity index (χ2n) is 7.61. The van der Waals surface area contributed by atoms with E-state index < -0.39 is 0 Å². The molecule has 0 saturated carbocycles. The van der Waals surface area contributed by atoms with Gasteiger partial charge in [-0.25, -0.2) is 4.98 Å². The highest BCUT2D eigenvalue weighted by atomic mass is 15.5. The Bertz CT molecular complexity index is 1580. The van der Waals surface area contributed by atoms with Gasteiger partial charge in [0.2, 0.25) is 0 Å². The first kappa shape index (κ1) is 16.9. The zero-order chi connectivity index (χ0) is 20.4. The Labute approximate surface area is 172 Å². The van der Waals surface area contributed by atoms with Crippen molar-refractivity contribution in [2.75, 3.05) is 0 Å². The molecule has 0 amide bonds. The minimum atomic E-state index is 0.923. The highest BCUT2D eigenvalue weighted by Crippen LogP contribution is 2.26. The van der Waals surface area contributed by atoms with E-state index in [4.69, 9.17) is 10.1 Å². The summed E-state index contributed by atoms with van der Waals surface area (Å²) in [6.07, 6.45) is 1.88. The van der Waals surface area contributed by atoms with Crippen LogP contribution >= 0.6 is 0 Å². The van der Waals surface area contributed by atoms with E-state index in [0.29, 0.717) is 0 Å². The minimum Gasteiger partial charge on any atom is -0.327 e. The van der Waals surface area contributed by atoms with Crippen LogP contribution in [0.4, 0.5) is 0 Å². The molecule has 0 atom stereocenters. The van der Waals surface area contributed by atoms with E-state index in [-0.39, 0.29) is 0 Å². The largest absolute Gasteiger partial charge is 0.327 e. The minimum absolute atomic E-state index is 0.923. The number of hydrogen-bond acceptors (Lipinski definition) is 3.